The number of allylic oxidation sites excluding steroid dienone is 32. The molecule has 0 aliphatic heterocycles. The first-order valence-electron chi connectivity index (χ1n) is 36.1. The number of rotatable bonds is 64. The van der Waals surface area contributed by atoms with Crippen LogP contribution in [0.1, 0.15) is 258 Å². The van der Waals surface area contributed by atoms with Crippen LogP contribution in [-0.4, -0.2) is 70.0 Å². The second-order valence-corrected chi connectivity index (χ2v) is 25.9. The highest BCUT2D eigenvalue weighted by atomic mass is 31.2. The summed E-state index contributed by atoms with van der Waals surface area (Å²) in [5.74, 6) is -0.859. The fourth-order valence-electron chi connectivity index (χ4n) is 9.16. The van der Waals surface area contributed by atoms with Crippen LogP contribution in [0.4, 0.5) is 0 Å². The topological polar surface area (TPSA) is 111 Å². The van der Waals surface area contributed by atoms with Crippen LogP contribution in [0.5, 0.6) is 0 Å². The molecule has 0 aromatic carbocycles. The molecule has 9 nitrogen and oxygen atoms in total. The van der Waals surface area contributed by atoms with Crippen LogP contribution in [-0.2, 0) is 32.7 Å². The maximum Gasteiger partial charge on any atom is 0.306 e. The van der Waals surface area contributed by atoms with Crippen LogP contribution in [0.15, 0.2) is 194 Å². The molecule has 0 rings (SSSR count). The molecule has 2 unspecified atom stereocenters. The second kappa shape index (κ2) is 70.2. The van der Waals surface area contributed by atoms with E-state index >= 15 is 0 Å². The SMILES string of the molecule is CC/C=C\C/C=C\C/C=C\C/C=C\C/C=C\C/C=C\C/C=C\C/C=C\C/C=C\C/C=C\CCCCCCCCCCCCC(=O)OC(COC(=O)CCCCCCCCCC/C=C\C/C=C\C/C=C\C/C=C\C/C=C\C/C=C\CC)COP(=O)([O-])OCC[N+](C)(C)C. The van der Waals surface area contributed by atoms with E-state index < -0.39 is 32.5 Å². The van der Waals surface area contributed by atoms with Crippen molar-refractivity contribution in [3.05, 3.63) is 194 Å². The van der Waals surface area contributed by atoms with E-state index in [-0.39, 0.29) is 26.1 Å². The van der Waals surface area contributed by atoms with Crippen LogP contribution in [0.3, 0.4) is 0 Å². The Bertz CT molecular complexity index is 2260. The number of phosphoric ester groups is 1. The molecule has 0 radical (unpaired) electrons. The Morgan fingerprint density at radius 2 is 0.587 bits per heavy atom. The largest absolute Gasteiger partial charge is 0.756 e. The number of nitrogens with zero attached hydrogens (tertiary/aromatic N) is 1. The quantitative estimate of drug-likeness (QED) is 0.0195. The van der Waals surface area contributed by atoms with Gasteiger partial charge in [0.2, 0.25) is 0 Å². The summed E-state index contributed by atoms with van der Waals surface area (Å²) in [6, 6.07) is 0. The predicted molar refractivity (Wildman–Crippen MR) is 396 cm³/mol. The molecule has 0 amide bonds. The highest BCUT2D eigenvalue weighted by Gasteiger charge is 2.22. The van der Waals surface area contributed by atoms with Gasteiger partial charge in [-0.15, -0.1) is 0 Å². The molecule has 10 heteroatoms. The lowest BCUT2D eigenvalue weighted by Gasteiger charge is -2.28. The zero-order valence-corrected chi connectivity index (χ0v) is 59.8. The number of hydrogen-bond acceptors (Lipinski definition) is 8. The highest BCUT2D eigenvalue weighted by molar-refractivity contribution is 7.45. The summed E-state index contributed by atoms with van der Waals surface area (Å²) >= 11 is 0. The third kappa shape index (κ3) is 73.9. The minimum atomic E-state index is -4.66. The lowest BCUT2D eigenvalue weighted by atomic mass is 10.0. The maximum atomic E-state index is 12.9. The van der Waals surface area contributed by atoms with Crippen molar-refractivity contribution < 1.29 is 42.1 Å². The van der Waals surface area contributed by atoms with Crippen LogP contribution in [0.2, 0.25) is 0 Å². The zero-order chi connectivity index (χ0) is 66.9. The molecule has 0 heterocycles. The van der Waals surface area contributed by atoms with Crippen LogP contribution in [0.25, 0.3) is 0 Å². The van der Waals surface area contributed by atoms with Crippen molar-refractivity contribution in [1.82, 2.24) is 0 Å². The molecule has 518 valence electrons. The molecule has 0 aromatic heterocycles. The number of carbonyl (C=O) groups is 2. The van der Waals surface area contributed by atoms with Gasteiger partial charge in [0.25, 0.3) is 7.82 Å². The van der Waals surface area contributed by atoms with Crippen molar-refractivity contribution in [1.29, 1.82) is 0 Å². The van der Waals surface area contributed by atoms with Crippen molar-refractivity contribution in [3.8, 4) is 0 Å². The summed E-state index contributed by atoms with van der Waals surface area (Å²) in [5, 5.41) is 0. The molecular weight excluding hydrogens is 1160 g/mol. The fraction of sp³-hybridized carbons (Fsp3) is 0.585. The van der Waals surface area contributed by atoms with Crippen molar-refractivity contribution in [3.63, 3.8) is 0 Å². The Morgan fingerprint density at radius 1 is 0.337 bits per heavy atom. The molecule has 0 saturated heterocycles. The lowest BCUT2D eigenvalue weighted by Crippen LogP contribution is -2.37. The summed E-state index contributed by atoms with van der Waals surface area (Å²) in [6.07, 6.45) is 109. The molecular formula is C82H132NO8P. The van der Waals surface area contributed by atoms with Gasteiger partial charge in [-0.25, -0.2) is 0 Å². The van der Waals surface area contributed by atoms with E-state index in [4.69, 9.17) is 18.5 Å². The first-order valence-corrected chi connectivity index (χ1v) is 37.6. The molecule has 0 spiro atoms. The average molecular weight is 1290 g/mol. The summed E-state index contributed by atoms with van der Waals surface area (Å²) in [6.45, 7) is 3.98. The molecule has 0 aliphatic rings. The zero-order valence-electron chi connectivity index (χ0n) is 58.9. The molecule has 2 atom stereocenters. The standard InChI is InChI=1S/C82H132NO8P/c1-6-8-10-12-14-16-18-20-22-24-26-28-30-32-34-35-36-37-38-39-40-41-42-43-44-45-46-47-49-51-53-55-57-59-61-63-65-67-69-71-73-75-82(85)91-80(79-90-92(86,87)89-77-76-83(3,4)5)78-88-81(84)74-72-70-68-66-64-62-60-58-56-54-52-50-48-33-31-29-27-25-23-21-19-17-15-13-11-9-7-2/h8-11,14-17,20-23,26-29,32-34,36-37,39-40,42-43,45-46,48-49,51-52,54,80H,6-7,12-13,18-19,24-25,30-31,35,38,41,44,47,50,53,55-79H2,1-5H3/b10-8-,11-9-,16-14-,17-15-,22-20-,23-21-,28-26-,29-27-,34-32-,37-36-,40-39-,43-42-,46-45-,48-33-,51-49-,54-52-. The first kappa shape index (κ1) is 86.9. The number of likely N-dealkylation sites (N-methyl/N-ethyl adjacent to an activating group) is 1. The average Bonchev–Trinajstić information content (AvgIpc) is 2.23. The van der Waals surface area contributed by atoms with E-state index in [0.717, 1.165) is 154 Å². The summed E-state index contributed by atoms with van der Waals surface area (Å²) in [5.41, 5.74) is 0. The van der Waals surface area contributed by atoms with Gasteiger partial charge in [0.05, 0.1) is 27.7 Å². The van der Waals surface area contributed by atoms with E-state index in [2.05, 4.69) is 208 Å². The van der Waals surface area contributed by atoms with Crippen molar-refractivity contribution in [2.45, 2.75) is 264 Å². The van der Waals surface area contributed by atoms with Gasteiger partial charge in [-0.1, -0.05) is 298 Å². The number of ether oxygens (including phenoxy) is 2. The van der Waals surface area contributed by atoms with E-state index in [1.165, 1.54) is 64.2 Å². The number of hydrogen-bond donors (Lipinski definition) is 0. The molecule has 0 fully saturated rings. The van der Waals surface area contributed by atoms with E-state index in [1.807, 2.05) is 21.1 Å². The van der Waals surface area contributed by atoms with Gasteiger partial charge in [0.1, 0.15) is 19.8 Å². The minimum absolute atomic E-state index is 0.0431. The molecule has 92 heavy (non-hydrogen) atoms. The Kier molecular flexibility index (Phi) is 66.2. The van der Waals surface area contributed by atoms with Crippen LogP contribution < -0.4 is 4.89 Å². The molecule has 0 aliphatic carbocycles. The Hall–Kier alpha value is -5.15. The monoisotopic (exact) mass is 1290 g/mol. The molecule has 0 bridgehead atoms. The fourth-order valence-corrected chi connectivity index (χ4v) is 9.89. The number of phosphoric acid groups is 1. The normalized spacial score (nSPS) is 14.3. The molecule has 0 aromatic rings. The van der Waals surface area contributed by atoms with Crippen molar-refractivity contribution in [2.75, 3.05) is 47.5 Å². The number of unbranched alkanes of at least 4 members (excludes halogenated alkanes) is 18. The third-order valence-corrected chi connectivity index (χ3v) is 15.6. The Labute approximate surface area is 564 Å². The summed E-state index contributed by atoms with van der Waals surface area (Å²) in [7, 11) is 1.13. The van der Waals surface area contributed by atoms with Gasteiger partial charge in [-0.2, -0.15) is 0 Å². The summed E-state index contributed by atoms with van der Waals surface area (Å²) < 4.78 is 34.3. The van der Waals surface area contributed by atoms with E-state index in [9.17, 15) is 19.0 Å². The summed E-state index contributed by atoms with van der Waals surface area (Å²) in [4.78, 5) is 38.1. The molecule has 0 N–H and O–H groups in total. The highest BCUT2D eigenvalue weighted by Crippen LogP contribution is 2.38. The number of carbonyl (C=O) groups excluding carboxylic acids is 2. The number of quaternary nitrogens is 1. The minimum Gasteiger partial charge on any atom is -0.756 e. The van der Waals surface area contributed by atoms with Crippen molar-refractivity contribution in [2.24, 2.45) is 0 Å². The van der Waals surface area contributed by atoms with Crippen molar-refractivity contribution >= 4 is 19.8 Å². The second-order valence-electron chi connectivity index (χ2n) is 24.5. The predicted octanol–water partition coefficient (Wildman–Crippen LogP) is 23.4. The van der Waals surface area contributed by atoms with Crippen LogP contribution >= 0.6 is 7.82 Å². The third-order valence-electron chi connectivity index (χ3n) is 14.6. The van der Waals surface area contributed by atoms with Gasteiger partial charge in [-0.05, 0) is 141 Å². The van der Waals surface area contributed by atoms with Gasteiger partial charge in [0.15, 0.2) is 6.10 Å². The smallest absolute Gasteiger partial charge is 0.306 e. The number of esters is 2. The van der Waals surface area contributed by atoms with Crippen LogP contribution in [0, 0.1) is 0 Å². The van der Waals surface area contributed by atoms with Gasteiger partial charge in [0, 0.05) is 12.8 Å². The molecule has 0 saturated carbocycles. The Morgan fingerprint density at radius 3 is 0.870 bits per heavy atom. The van der Waals surface area contributed by atoms with Gasteiger partial charge >= 0.3 is 11.9 Å². The van der Waals surface area contributed by atoms with Gasteiger partial charge < -0.3 is 27.9 Å². The van der Waals surface area contributed by atoms with E-state index in [0.29, 0.717) is 23.9 Å². The first-order chi connectivity index (χ1) is 45.0. The van der Waals surface area contributed by atoms with Gasteiger partial charge in [-0.3, -0.25) is 14.2 Å². The Balaban J connectivity index is 4.13. The maximum absolute atomic E-state index is 12.9. The van der Waals surface area contributed by atoms with E-state index in [1.54, 1.807) is 0 Å². The lowest BCUT2D eigenvalue weighted by molar-refractivity contribution is -0.870.